The van der Waals surface area contributed by atoms with Gasteiger partial charge in [0.25, 0.3) is 5.82 Å². The van der Waals surface area contributed by atoms with Crippen LogP contribution in [0.4, 0.5) is 5.82 Å². The van der Waals surface area contributed by atoms with Gasteiger partial charge in [-0.3, -0.25) is 5.73 Å². The van der Waals surface area contributed by atoms with Crippen molar-refractivity contribution in [3.05, 3.63) is 23.3 Å². The number of nitrogens with zero attached hydrogens (tertiary/aromatic N) is 2. The Morgan fingerprint density at radius 2 is 1.52 bits per heavy atom. The Bertz CT molecular complexity index is 897. The fourth-order valence-electron chi connectivity index (χ4n) is 2.56. The Hall–Kier alpha value is -3.65. The fraction of sp³-hybridized carbons (Fsp3) is 0.235. The van der Waals surface area contributed by atoms with Gasteiger partial charge in [-0.05, 0) is 12.1 Å². The number of methoxy groups -OCH3 is 4. The molecule has 0 aliphatic carbocycles. The molecule has 0 aliphatic rings. The van der Waals surface area contributed by atoms with Gasteiger partial charge >= 0.3 is 5.88 Å². The minimum absolute atomic E-state index is 0.0742. The van der Waals surface area contributed by atoms with Crippen LogP contribution in [0, 0.1) is 22.7 Å². The molecule has 0 saturated carbocycles. The Labute approximate surface area is 144 Å². The third-order valence-electron chi connectivity index (χ3n) is 3.65. The maximum Gasteiger partial charge on any atom is 0.300 e. The van der Waals surface area contributed by atoms with Crippen molar-refractivity contribution < 1.29 is 23.9 Å². The Kier molecular flexibility index (Phi) is 5.15. The zero-order valence-corrected chi connectivity index (χ0v) is 14.3. The molecule has 0 fully saturated rings. The van der Waals surface area contributed by atoms with Crippen molar-refractivity contribution in [3.63, 3.8) is 0 Å². The average molecular weight is 341 g/mol. The lowest BCUT2D eigenvalue weighted by atomic mass is 9.95. The first kappa shape index (κ1) is 17.7. The minimum Gasteiger partial charge on any atom is -0.493 e. The lowest BCUT2D eigenvalue weighted by Gasteiger charge is -2.17. The number of nitrogens with two attached hydrogens (primary N) is 1. The van der Waals surface area contributed by atoms with E-state index in [4.69, 9.17) is 24.7 Å². The quantitative estimate of drug-likeness (QED) is 0.874. The molecule has 2 aromatic rings. The van der Waals surface area contributed by atoms with E-state index < -0.39 is 0 Å². The number of nitrogens with one attached hydrogen (secondary N) is 1. The molecule has 0 radical (unpaired) electrons. The monoisotopic (exact) mass is 341 g/mol. The summed E-state index contributed by atoms with van der Waals surface area (Å²) in [5.74, 6) is 1.31. The maximum absolute atomic E-state index is 9.60. The van der Waals surface area contributed by atoms with Crippen molar-refractivity contribution in [2.75, 3.05) is 34.2 Å². The highest BCUT2D eigenvalue weighted by atomic mass is 16.5. The summed E-state index contributed by atoms with van der Waals surface area (Å²) in [7, 11) is 5.81. The highest BCUT2D eigenvalue weighted by molar-refractivity contribution is 5.86. The number of H-pyrrole nitrogens is 1. The first-order chi connectivity index (χ1) is 12.1. The molecular formula is C17H17N4O4+. The van der Waals surface area contributed by atoms with Crippen LogP contribution in [-0.2, 0) is 0 Å². The number of nitrogen functional groups attached to an aromatic ring is 1. The van der Waals surface area contributed by atoms with Crippen LogP contribution in [0.5, 0.6) is 23.1 Å². The second-order valence-corrected chi connectivity index (χ2v) is 4.80. The molecule has 1 aromatic heterocycles. The number of pyridine rings is 1. The van der Waals surface area contributed by atoms with E-state index in [0.717, 1.165) is 0 Å². The van der Waals surface area contributed by atoms with E-state index in [1.807, 2.05) is 12.1 Å². The molecule has 0 spiro atoms. The summed E-state index contributed by atoms with van der Waals surface area (Å²) >= 11 is 0. The molecule has 0 amide bonds. The number of aromatic amines is 1. The van der Waals surface area contributed by atoms with Gasteiger partial charge in [0, 0.05) is 11.1 Å². The predicted octanol–water partition coefficient (Wildman–Crippen LogP) is 1.53. The van der Waals surface area contributed by atoms with E-state index in [1.54, 1.807) is 12.1 Å². The van der Waals surface area contributed by atoms with Crippen LogP contribution in [0.25, 0.3) is 11.1 Å². The molecule has 1 aromatic carbocycles. The molecule has 25 heavy (non-hydrogen) atoms. The van der Waals surface area contributed by atoms with Crippen LogP contribution in [0.1, 0.15) is 11.1 Å². The molecule has 0 atom stereocenters. The van der Waals surface area contributed by atoms with Crippen molar-refractivity contribution in [1.82, 2.24) is 0 Å². The van der Waals surface area contributed by atoms with Crippen molar-refractivity contribution >= 4 is 5.82 Å². The van der Waals surface area contributed by atoms with E-state index in [-0.39, 0.29) is 28.4 Å². The molecule has 0 aliphatic heterocycles. The molecule has 0 unspecified atom stereocenters. The zero-order valence-electron chi connectivity index (χ0n) is 14.3. The molecule has 0 saturated heterocycles. The number of ether oxygens (including phenoxy) is 4. The maximum atomic E-state index is 9.60. The number of hydrogen-bond acceptors (Lipinski definition) is 7. The summed E-state index contributed by atoms with van der Waals surface area (Å²) in [6.45, 7) is 0. The van der Waals surface area contributed by atoms with Gasteiger partial charge in [-0.2, -0.15) is 10.5 Å². The standard InChI is InChI=1S/C17H16N4O4/c1-22-12-6-5-9(14(23-2)15(12)24-3)13-10(7-18)16(20)21-17(25-4)11(13)8-19/h5-6H,1-4H3,(H2,20,21)/p+1. The molecule has 8 nitrogen and oxygen atoms in total. The Balaban J connectivity index is 2.99. The summed E-state index contributed by atoms with van der Waals surface area (Å²) in [5.41, 5.74) is 6.89. The van der Waals surface area contributed by atoms with Crippen molar-refractivity contribution in [3.8, 4) is 46.4 Å². The molecule has 0 bridgehead atoms. The van der Waals surface area contributed by atoms with Gasteiger partial charge < -0.3 is 18.9 Å². The summed E-state index contributed by atoms with van der Waals surface area (Å²) in [6, 6.07) is 7.37. The largest absolute Gasteiger partial charge is 0.493 e. The van der Waals surface area contributed by atoms with Crippen LogP contribution in [0.2, 0.25) is 0 Å². The van der Waals surface area contributed by atoms with Crippen LogP contribution in [0.15, 0.2) is 12.1 Å². The summed E-state index contributed by atoms with van der Waals surface area (Å²) in [6.07, 6.45) is 0. The number of benzene rings is 1. The summed E-state index contributed by atoms with van der Waals surface area (Å²) in [5, 5.41) is 19.1. The van der Waals surface area contributed by atoms with Gasteiger partial charge in [-0.25, -0.2) is 4.98 Å². The van der Waals surface area contributed by atoms with E-state index in [1.165, 1.54) is 28.4 Å². The number of aromatic nitrogens is 1. The molecule has 8 heteroatoms. The van der Waals surface area contributed by atoms with Crippen LogP contribution in [0.3, 0.4) is 0 Å². The van der Waals surface area contributed by atoms with Crippen molar-refractivity contribution in [1.29, 1.82) is 10.5 Å². The van der Waals surface area contributed by atoms with Crippen LogP contribution >= 0.6 is 0 Å². The van der Waals surface area contributed by atoms with E-state index in [0.29, 0.717) is 22.8 Å². The Morgan fingerprint density at radius 1 is 0.880 bits per heavy atom. The molecule has 3 N–H and O–H groups in total. The van der Waals surface area contributed by atoms with E-state index in [9.17, 15) is 10.5 Å². The average Bonchev–Trinajstić information content (AvgIpc) is 2.65. The van der Waals surface area contributed by atoms with Gasteiger partial charge in [-0.15, -0.1) is 0 Å². The van der Waals surface area contributed by atoms with Gasteiger partial charge in [0.05, 0.1) is 28.4 Å². The summed E-state index contributed by atoms with van der Waals surface area (Å²) < 4.78 is 21.3. The second-order valence-electron chi connectivity index (χ2n) is 4.80. The van der Waals surface area contributed by atoms with Gasteiger partial charge in [0.15, 0.2) is 17.1 Å². The minimum atomic E-state index is 0.0742. The zero-order chi connectivity index (χ0) is 18.6. The van der Waals surface area contributed by atoms with Crippen LogP contribution < -0.4 is 29.7 Å². The number of rotatable bonds is 5. The number of anilines is 1. The molecule has 128 valence electrons. The smallest absolute Gasteiger partial charge is 0.300 e. The van der Waals surface area contributed by atoms with E-state index in [2.05, 4.69) is 4.98 Å². The van der Waals surface area contributed by atoms with Crippen molar-refractivity contribution in [2.45, 2.75) is 0 Å². The highest BCUT2D eigenvalue weighted by Gasteiger charge is 2.28. The first-order valence-electron chi connectivity index (χ1n) is 7.10. The summed E-state index contributed by atoms with van der Waals surface area (Å²) in [4.78, 5) is 2.71. The Morgan fingerprint density at radius 3 is 2.00 bits per heavy atom. The van der Waals surface area contributed by atoms with Gasteiger partial charge in [0.2, 0.25) is 5.75 Å². The topological polar surface area (TPSA) is 125 Å². The normalized spacial score (nSPS) is 9.68. The highest BCUT2D eigenvalue weighted by Crippen LogP contribution is 2.46. The molecule has 1 heterocycles. The fourth-order valence-corrected chi connectivity index (χ4v) is 2.56. The second kappa shape index (κ2) is 7.28. The van der Waals surface area contributed by atoms with Crippen LogP contribution in [-0.4, -0.2) is 28.4 Å². The predicted molar refractivity (Wildman–Crippen MR) is 88.5 cm³/mol. The molecular weight excluding hydrogens is 324 g/mol. The lowest BCUT2D eigenvalue weighted by molar-refractivity contribution is -0.376. The first-order valence-corrected chi connectivity index (χ1v) is 7.10. The lowest BCUT2D eigenvalue weighted by Crippen LogP contribution is -2.18. The number of hydrogen-bond donors (Lipinski definition) is 1. The van der Waals surface area contributed by atoms with E-state index >= 15 is 0 Å². The SMILES string of the molecule is COc1ccc(-c2c(C#N)c(N)[nH+]c(OC)c2C#N)c(OC)c1OC. The van der Waals surface area contributed by atoms with Gasteiger partial charge in [0.1, 0.15) is 17.7 Å². The molecule has 2 rings (SSSR count). The third kappa shape index (κ3) is 2.81. The van der Waals surface area contributed by atoms with Crippen molar-refractivity contribution in [2.24, 2.45) is 0 Å². The van der Waals surface area contributed by atoms with Gasteiger partial charge in [-0.1, -0.05) is 0 Å². The third-order valence-corrected chi connectivity index (χ3v) is 3.65. The number of nitriles is 2.